The third-order valence-electron chi connectivity index (χ3n) is 5.67. The molecule has 3 aromatic rings. The minimum Gasteiger partial charge on any atom is -0.372 e. The number of piperidine rings is 1. The van der Waals surface area contributed by atoms with Gasteiger partial charge in [0, 0.05) is 35.5 Å². The third-order valence-corrected chi connectivity index (χ3v) is 7.47. The zero-order valence-electron chi connectivity index (χ0n) is 18.7. The predicted molar refractivity (Wildman–Crippen MR) is 136 cm³/mol. The topological polar surface area (TPSA) is 70.2 Å². The number of nitrogens with one attached hydrogen (secondary N) is 2. The zero-order valence-corrected chi connectivity index (χ0v) is 20.4. The number of nitrogens with zero attached hydrogens (tertiary/aromatic N) is 3. The Hall–Kier alpha value is -2.56. The SMILES string of the molecule is Cc1cc(P(C)(C)=O)ccc1Nc1ncc(Cl)c(Nc2ccc(N3CCCCC3)cc2)n1. The Kier molecular flexibility index (Phi) is 6.73. The lowest BCUT2D eigenvalue weighted by Gasteiger charge is -2.28. The summed E-state index contributed by atoms with van der Waals surface area (Å²) >= 11 is 6.35. The number of rotatable bonds is 6. The fourth-order valence-electron chi connectivity index (χ4n) is 3.80. The number of aryl methyl sites for hydroxylation is 1. The van der Waals surface area contributed by atoms with Gasteiger partial charge < -0.3 is 20.1 Å². The van der Waals surface area contributed by atoms with Crippen LogP contribution in [0.3, 0.4) is 0 Å². The number of benzene rings is 2. The van der Waals surface area contributed by atoms with Crippen LogP contribution in [0.5, 0.6) is 0 Å². The molecule has 1 aromatic heterocycles. The van der Waals surface area contributed by atoms with Crippen molar-refractivity contribution in [3.63, 3.8) is 0 Å². The lowest BCUT2D eigenvalue weighted by Crippen LogP contribution is -2.29. The monoisotopic (exact) mass is 469 g/mol. The van der Waals surface area contributed by atoms with Crippen LogP contribution in [-0.4, -0.2) is 36.4 Å². The molecule has 2 aromatic carbocycles. The molecule has 0 unspecified atom stereocenters. The summed E-state index contributed by atoms with van der Waals surface area (Å²) in [7, 11) is -2.30. The molecule has 1 saturated heterocycles. The second kappa shape index (κ2) is 9.51. The summed E-state index contributed by atoms with van der Waals surface area (Å²) in [5.74, 6) is 0.977. The van der Waals surface area contributed by atoms with Crippen molar-refractivity contribution in [2.24, 2.45) is 0 Å². The lowest BCUT2D eigenvalue weighted by atomic mass is 10.1. The first-order valence-corrected chi connectivity index (χ1v) is 13.9. The largest absolute Gasteiger partial charge is 0.372 e. The molecule has 0 aliphatic carbocycles. The van der Waals surface area contributed by atoms with E-state index in [0.29, 0.717) is 16.8 Å². The molecule has 8 heteroatoms. The van der Waals surface area contributed by atoms with E-state index in [1.54, 1.807) is 19.5 Å². The highest BCUT2D eigenvalue weighted by Crippen LogP contribution is 2.36. The molecule has 168 valence electrons. The van der Waals surface area contributed by atoms with Crippen molar-refractivity contribution in [1.29, 1.82) is 0 Å². The van der Waals surface area contributed by atoms with Gasteiger partial charge in [-0.2, -0.15) is 4.98 Å². The summed E-state index contributed by atoms with van der Waals surface area (Å²) in [4.78, 5) is 11.3. The van der Waals surface area contributed by atoms with E-state index in [2.05, 4.69) is 37.6 Å². The Labute approximate surface area is 194 Å². The van der Waals surface area contributed by atoms with Crippen LogP contribution in [0, 0.1) is 6.92 Å². The van der Waals surface area contributed by atoms with Crippen LogP contribution in [0.15, 0.2) is 48.7 Å². The Morgan fingerprint density at radius 2 is 1.72 bits per heavy atom. The van der Waals surface area contributed by atoms with Gasteiger partial charge in [-0.1, -0.05) is 11.6 Å². The fourth-order valence-corrected chi connectivity index (χ4v) is 4.88. The van der Waals surface area contributed by atoms with Gasteiger partial charge in [-0.05, 0) is 87.5 Å². The van der Waals surface area contributed by atoms with Crippen LogP contribution in [0.4, 0.5) is 28.8 Å². The highest BCUT2D eigenvalue weighted by molar-refractivity contribution is 7.70. The van der Waals surface area contributed by atoms with Gasteiger partial charge in [0.15, 0.2) is 5.82 Å². The molecule has 2 heterocycles. The van der Waals surface area contributed by atoms with Crippen molar-refractivity contribution in [2.45, 2.75) is 26.2 Å². The number of anilines is 5. The summed E-state index contributed by atoms with van der Waals surface area (Å²) in [6.07, 6.45) is 5.41. The molecular weight excluding hydrogens is 441 g/mol. The Balaban J connectivity index is 1.49. The zero-order chi connectivity index (χ0) is 22.7. The number of aromatic nitrogens is 2. The molecule has 6 nitrogen and oxygen atoms in total. The van der Waals surface area contributed by atoms with E-state index in [1.807, 2.05) is 37.3 Å². The van der Waals surface area contributed by atoms with E-state index >= 15 is 0 Å². The molecule has 0 bridgehead atoms. The van der Waals surface area contributed by atoms with Crippen molar-refractivity contribution < 1.29 is 4.57 Å². The van der Waals surface area contributed by atoms with Gasteiger partial charge in [0.1, 0.15) is 12.2 Å². The van der Waals surface area contributed by atoms with Crippen molar-refractivity contribution in [1.82, 2.24) is 9.97 Å². The van der Waals surface area contributed by atoms with Gasteiger partial charge in [0.2, 0.25) is 5.95 Å². The molecule has 1 aliphatic rings. The first-order chi connectivity index (χ1) is 15.3. The molecule has 0 amide bonds. The molecule has 32 heavy (non-hydrogen) atoms. The maximum Gasteiger partial charge on any atom is 0.229 e. The summed E-state index contributed by atoms with van der Waals surface area (Å²) in [5, 5.41) is 7.83. The maximum atomic E-state index is 12.3. The Morgan fingerprint density at radius 3 is 2.38 bits per heavy atom. The molecule has 4 rings (SSSR count). The highest BCUT2D eigenvalue weighted by Gasteiger charge is 2.14. The fraction of sp³-hybridized carbons (Fsp3) is 0.333. The first kappa shape index (κ1) is 22.6. The third kappa shape index (κ3) is 5.43. The van der Waals surface area contributed by atoms with Crippen molar-refractivity contribution in [2.75, 3.05) is 42.0 Å². The van der Waals surface area contributed by atoms with Crippen LogP contribution >= 0.6 is 18.7 Å². The summed E-state index contributed by atoms with van der Waals surface area (Å²) < 4.78 is 12.3. The van der Waals surface area contributed by atoms with Gasteiger partial charge in [-0.15, -0.1) is 0 Å². The molecule has 1 fully saturated rings. The van der Waals surface area contributed by atoms with E-state index in [0.717, 1.165) is 35.3 Å². The lowest BCUT2D eigenvalue weighted by molar-refractivity contribution is 0.578. The molecule has 0 spiro atoms. The smallest absolute Gasteiger partial charge is 0.229 e. The molecule has 0 radical (unpaired) electrons. The quantitative estimate of drug-likeness (QED) is 0.421. The standard InChI is InChI=1S/C24H29ClN5OP/c1-17-15-20(32(2,3)31)11-12-22(17)28-24-26-16-21(25)23(29-24)27-18-7-9-19(10-8-18)30-13-5-4-6-14-30/h7-12,15-16H,4-6,13-14H2,1-3H3,(H2,26,27,28,29). The van der Waals surface area contributed by atoms with Gasteiger partial charge >= 0.3 is 0 Å². The Morgan fingerprint density at radius 1 is 1.00 bits per heavy atom. The minimum absolute atomic E-state index is 0.439. The van der Waals surface area contributed by atoms with Crippen LogP contribution < -0.4 is 20.8 Å². The summed E-state index contributed by atoms with van der Waals surface area (Å²) in [6.45, 7) is 7.75. The van der Waals surface area contributed by atoms with Crippen LogP contribution in [0.1, 0.15) is 24.8 Å². The Bertz CT molecular complexity index is 1140. The molecule has 1 aliphatic heterocycles. The van der Waals surface area contributed by atoms with E-state index in [4.69, 9.17) is 11.6 Å². The van der Waals surface area contributed by atoms with E-state index in [1.165, 1.54) is 24.9 Å². The van der Waals surface area contributed by atoms with Gasteiger partial charge in [-0.3, -0.25) is 0 Å². The number of halogens is 1. The average molecular weight is 470 g/mol. The van der Waals surface area contributed by atoms with Crippen molar-refractivity contribution in [3.05, 3.63) is 59.2 Å². The minimum atomic E-state index is -2.30. The first-order valence-electron chi connectivity index (χ1n) is 10.9. The molecular formula is C24H29ClN5OP. The number of hydrogen-bond acceptors (Lipinski definition) is 6. The predicted octanol–water partition coefficient (Wildman–Crippen LogP) is 6.16. The van der Waals surface area contributed by atoms with E-state index in [-0.39, 0.29) is 0 Å². The summed E-state index contributed by atoms with van der Waals surface area (Å²) in [6, 6.07) is 14.1. The maximum absolute atomic E-state index is 12.3. The highest BCUT2D eigenvalue weighted by atomic mass is 35.5. The van der Waals surface area contributed by atoms with Crippen molar-refractivity contribution in [3.8, 4) is 0 Å². The van der Waals surface area contributed by atoms with Crippen LogP contribution in [0.2, 0.25) is 5.02 Å². The van der Waals surface area contributed by atoms with Gasteiger partial charge in [0.25, 0.3) is 0 Å². The van der Waals surface area contributed by atoms with Gasteiger partial charge in [-0.25, -0.2) is 4.98 Å². The van der Waals surface area contributed by atoms with E-state index in [9.17, 15) is 4.57 Å². The van der Waals surface area contributed by atoms with Crippen LogP contribution in [0.25, 0.3) is 0 Å². The van der Waals surface area contributed by atoms with Crippen LogP contribution in [-0.2, 0) is 4.57 Å². The normalized spacial score (nSPS) is 14.3. The second-order valence-electron chi connectivity index (χ2n) is 8.58. The van der Waals surface area contributed by atoms with Crippen molar-refractivity contribution >= 4 is 52.9 Å². The molecule has 0 atom stereocenters. The number of hydrogen-bond donors (Lipinski definition) is 2. The summed E-state index contributed by atoms with van der Waals surface area (Å²) in [5.41, 5.74) is 4.00. The molecule has 0 saturated carbocycles. The molecule has 2 N–H and O–H groups in total. The van der Waals surface area contributed by atoms with E-state index < -0.39 is 7.14 Å². The average Bonchev–Trinajstić information content (AvgIpc) is 2.78. The van der Waals surface area contributed by atoms with Gasteiger partial charge in [0.05, 0.1) is 6.20 Å². The second-order valence-corrected chi connectivity index (χ2v) is 12.2.